The van der Waals surface area contributed by atoms with Crippen molar-refractivity contribution in [2.45, 2.75) is 40.5 Å². The van der Waals surface area contributed by atoms with Crippen LogP contribution in [0.3, 0.4) is 0 Å². The van der Waals surface area contributed by atoms with Gasteiger partial charge in [-0.25, -0.2) is 4.79 Å². The van der Waals surface area contributed by atoms with Crippen LogP contribution in [-0.2, 0) is 4.79 Å². The summed E-state index contributed by atoms with van der Waals surface area (Å²) in [6.07, 6.45) is 1.72. The molecule has 0 aliphatic heterocycles. The molecule has 0 radical (unpaired) electrons. The van der Waals surface area contributed by atoms with Crippen LogP contribution in [0.15, 0.2) is 46.9 Å². The Bertz CT molecular complexity index is 930. The third-order valence-electron chi connectivity index (χ3n) is 4.98. The zero-order chi connectivity index (χ0) is 23.3. The van der Waals surface area contributed by atoms with E-state index in [1.54, 1.807) is 6.07 Å². The van der Waals surface area contributed by atoms with E-state index < -0.39 is 6.03 Å². The van der Waals surface area contributed by atoms with Gasteiger partial charge in [0.15, 0.2) is 5.75 Å². The summed E-state index contributed by atoms with van der Waals surface area (Å²) in [5.41, 5.74) is 2.03. The molecule has 1 aliphatic rings. The van der Waals surface area contributed by atoms with E-state index in [0.29, 0.717) is 29.0 Å². The first-order valence-corrected chi connectivity index (χ1v) is 12.0. The van der Waals surface area contributed by atoms with Crippen molar-refractivity contribution in [2.24, 2.45) is 17.8 Å². The maximum absolute atomic E-state index is 12.9. The Morgan fingerprint density at radius 3 is 2.19 bits per heavy atom. The van der Waals surface area contributed by atoms with E-state index in [1.165, 1.54) is 0 Å². The number of carbonyl (C=O) groups excluding carboxylic acids is 2. The SMILES string of the molecule is CC(C)CN(CC(C)C)c1cccc(OC(=O)C2CC2)c1NC(=O)Nc1ccc(Br)cc1. The summed E-state index contributed by atoms with van der Waals surface area (Å²) in [5.74, 6) is 0.956. The number of rotatable bonds is 9. The first-order chi connectivity index (χ1) is 15.2. The highest BCUT2D eigenvalue weighted by molar-refractivity contribution is 9.10. The molecule has 7 heteroatoms. The summed E-state index contributed by atoms with van der Waals surface area (Å²) < 4.78 is 6.65. The molecule has 0 heterocycles. The van der Waals surface area contributed by atoms with Crippen molar-refractivity contribution in [3.8, 4) is 5.75 Å². The number of hydrogen-bond donors (Lipinski definition) is 2. The van der Waals surface area contributed by atoms with Gasteiger partial charge >= 0.3 is 12.0 Å². The summed E-state index contributed by atoms with van der Waals surface area (Å²) in [5, 5.41) is 5.80. The van der Waals surface area contributed by atoms with Crippen LogP contribution < -0.4 is 20.3 Å². The molecular formula is C25H32BrN3O3. The highest BCUT2D eigenvalue weighted by Gasteiger charge is 2.32. The summed E-state index contributed by atoms with van der Waals surface area (Å²) >= 11 is 3.40. The van der Waals surface area contributed by atoms with Gasteiger partial charge in [0.1, 0.15) is 5.69 Å². The highest BCUT2D eigenvalue weighted by Crippen LogP contribution is 2.38. The fraction of sp³-hybridized carbons (Fsp3) is 0.440. The number of anilines is 3. The second-order valence-corrected chi connectivity index (χ2v) is 10.0. The third kappa shape index (κ3) is 6.99. The van der Waals surface area contributed by atoms with E-state index in [0.717, 1.165) is 36.1 Å². The van der Waals surface area contributed by atoms with Gasteiger partial charge in [-0.2, -0.15) is 0 Å². The Hall–Kier alpha value is -2.54. The largest absolute Gasteiger partial charge is 0.424 e. The van der Waals surface area contributed by atoms with Crippen LogP contribution in [0.5, 0.6) is 5.75 Å². The first-order valence-electron chi connectivity index (χ1n) is 11.2. The molecule has 0 aromatic heterocycles. The minimum atomic E-state index is -0.391. The average molecular weight is 502 g/mol. The molecular weight excluding hydrogens is 470 g/mol. The number of esters is 1. The maximum atomic E-state index is 12.9. The zero-order valence-corrected chi connectivity index (χ0v) is 20.7. The molecule has 0 atom stereocenters. The number of nitrogens with one attached hydrogen (secondary N) is 2. The van der Waals surface area contributed by atoms with Crippen molar-refractivity contribution in [3.63, 3.8) is 0 Å². The molecule has 3 rings (SSSR count). The number of hydrogen-bond acceptors (Lipinski definition) is 4. The molecule has 1 aliphatic carbocycles. The van der Waals surface area contributed by atoms with Gasteiger partial charge in [-0.05, 0) is 61.1 Å². The van der Waals surface area contributed by atoms with Crippen molar-refractivity contribution in [3.05, 3.63) is 46.9 Å². The topological polar surface area (TPSA) is 70.7 Å². The van der Waals surface area contributed by atoms with E-state index >= 15 is 0 Å². The Morgan fingerprint density at radius 1 is 1.00 bits per heavy atom. The van der Waals surface area contributed by atoms with Gasteiger partial charge in [0.25, 0.3) is 0 Å². The molecule has 2 amide bonds. The van der Waals surface area contributed by atoms with E-state index in [1.807, 2.05) is 36.4 Å². The van der Waals surface area contributed by atoms with Crippen LogP contribution in [-0.4, -0.2) is 25.1 Å². The van der Waals surface area contributed by atoms with Gasteiger partial charge in [0, 0.05) is 23.2 Å². The average Bonchev–Trinajstić information content (AvgIpc) is 3.55. The summed E-state index contributed by atoms with van der Waals surface area (Å²) in [7, 11) is 0. The molecule has 6 nitrogen and oxygen atoms in total. The van der Waals surface area contributed by atoms with Gasteiger partial charge in [-0.15, -0.1) is 0 Å². The monoisotopic (exact) mass is 501 g/mol. The Kier molecular flexibility index (Phi) is 8.18. The van der Waals surface area contributed by atoms with Gasteiger partial charge in [0.2, 0.25) is 0 Å². The number of urea groups is 1. The minimum absolute atomic E-state index is 0.0365. The Balaban J connectivity index is 1.91. The second kappa shape index (κ2) is 10.9. The van der Waals surface area contributed by atoms with Gasteiger partial charge in [0.05, 0.1) is 11.6 Å². The summed E-state index contributed by atoms with van der Waals surface area (Å²) in [4.78, 5) is 27.5. The molecule has 2 aromatic carbocycles. The third-order valence-corrected chi connectivity index (χ3v) is 5.51. The molecule has 2 N–H and O–H groups in total. The molecule has 1 fully saturated rings. The van der Waals surface area contributed by atoms with Gasteiger partial charge < -0.3 is 20.3 Å². The molecule has 0 bridgehead atoms. The number of para-hydroxylation sites is 1. The van der Waals surface area contributed by atoms with E-state index in [-0.39, 0.29) is 11.9 Å². The lowest BCUT2D eigenvalue weighted by Gasteiger charge is -2.31. The predicted octanol–water partition coefficient (Wildman–Crippen LogP) is 6.53. The highest BCUT2D eigenvalue weighted by atomic mass is 79.9. The number of amides is 2. The van der Waals surface area contributed by atoms with E-state index in [2.05, 4.69) is 59.2 Å². The number of halogens is 1. The number of carbonyl (C=O) groups is 2. The van der Waals surface area contributed by atoms with Crippen LogP contribution >= 0.6 is 15.9 Å². The molecule has 0 unspecified atom stereocenters. The lowest BCUT2D eigenvalue weighted by molar-refractivity contribution is -0.135. The van der Waals surface area contributed by atoms with Crippen molar-refractivity contribution < 1.29 is 14.3 Å². The van der Waals surface area contributed by atoms with Gasteiger partial charge in [-0.1, -0.05) is 49.7 Å². The quantitative estimate of drug-likeness (QED) is 0.302. The molecule has 1 saturated carbocycles. The first kappa shape index (κ1) is 24.1. The number of nitrogens with zero attached hydrogens (tertiary/aromatic N) is 1. The molecule has 0 saturated heterocycles. The lowest BCUT2D eigenvalue weighted by atomic mass is 10.1. The fourth-order valence-electron chi connectivity index (χ4n) is 3.47. The molecule has 32 heavy (non-hydrogen) atoms. The lowest BCUT2D eigenvalue weighted by Crippen LogP contribution is -2.33. The normalized spacial score (nSPS) is 13.2. The van der Waals surface area contributed by atoms with Crippen LogP contribution in [0.25, 0.3) is 0 Å². The molecule has 0 spiro atoms. The van der Waals surface area contributed by atoms with Crippen molar-refractivity contribution >= 4 is 45.0 Å². The maximum Gasteiger partial charge on any atom is 0.323 e. The van der Waals surface area contributed by atoms with Crippen molar-refractivity contribution in [2.75, 3.05) is 28.6 Å². The number of benzene rings is 2. The van der Waals surface area contributed by atoms with Crippen LogP contribution in [0.1, 0.15) is 40.5 Å². The van der Waals surface area contributed by atoms with Crippen LogP contribution in [0.4, 0.5) is 21.9 Å². The van der Waals surface area contributed by atoms with E-state index in [4.69, 9.17) is 4.74 Å². The van der Waals surface area contributed by atoms with Crippen molar-refractivity contribution in [1.29, 1.82) is 0 Å². The minimum Gasteiger partial charge on any atom is -0.424 e. The Labute approximate surface area is 198 Å². The zero-order valence-electron chi connectivity index (χ0n) is 19.2. The van der Waals surface area contributed by atoms with Crippen LogP contribution in [0.2, 0.25) is 0 Å². The molecule has 172 valence electrons. The summed E-state index contributed by atoms with van der Waals surface area (Å²) in [6, 6.07) is 12.5. The second-order valence-electron chi connectivity index (χ2n) is 9.12. The van der Waals surface area contributed by atoms with Gasteiger partial charge in [-0.3, -0.25) is 4.79 Å². The number of ether oxygens (including phenoxy) is 1. The molecule has 2 aromatic rings. The smallest absolute Gasteiger partial charge is 0.323 e. The predicted molar refractivity (Wildman–Crippen MR) is 133 cm³/mol. The Morgan fingerprint density at radius 2 is 1.62 bits per heavy atom. The summed E-state index contributed by atoms with van der Waals surface area (Å²) in [6.45, 7) is 10.3. The van der Waals surface area contributed by atoms with Crippen LogP contribution in [0, 0.1) is 17.8 Å². The van der Waals surface area contributed by atoms with E-state index in [9.17, 15) is 9.59 Å². The standard InChI is InChI=1S/C25H32BrN3O3/c1-16(2)14-29(15-17(3)4)21-6-5-7-22(32-24(30)18-8-9-18)23(21)28-25(31)27-20-12-10-19(26)11-13-20/h5-7,10-13,16-18H,8-9,14-15H2,1-4H3,(H2,27,28,31). The fourth-order valence-corrected chi connectivity index (χ4v) is 3.73. The van der Waals surface area contributed by atoms with Crippen molar-refractivity contribution in [1.82, 2.24) is 0 Å².